The molecule has 0 radical (unpaired) electrons. The van der Waals surface area contributed by atoms with Crippen LogP contribution in [0, 0.1) is 0 Å². The van der Waals surface area contributed by atoms with Gasteiger partial charge < -0.3 is 0 Å². The molecule has 0 heterocycles. The maximum atomic E-state index is 9.38. The third-order valence-electron chi connectivity index (χ3n) is 0.274. The fraction of sp³-hybridized carbons (Fsp3) is 0. The van der Waals surface area contributed by atoms with Gasteiger partial charge >= 0.3 is 0 Å². The van der Waals surface area contributed by atoms with Gasteiger partial charge in [-0.1, -0.05) is 0 Å². The van der Waals surface area contributed by atoms with E-state index in [1.54, 1.807) is 0 Å². The first-order valence-electron chi connectivity index (χ1n) is 1.58. The van der Waals surface area contributed by atoms with Gasteiger partial charge in [-0.3, -0.25) is 4.79 Å². The average molecular weight is 97.1 g/mol. The summed E-state index contributed by atoms with van der Waals surface area (Å²) in [5.74, 6) is 1.37. The Morgan fingerprint density at radius 1 is 1.57 bits per heavy atom. The third kappa shape index (κ3) is 4.79. The molecule has 0 spiro atoms. The van der Waals surface area contributed by atoms with Crippen LogP contribution in [0.15, 0.2) is 11.2 Å². The first-order valence-corrected chi connectivity index (χ1v) is 1.58. The van der Waals surface area contributed by atoms with Gasteiger partial charge in [0, 0.05) is 0 Å². The highest BCUT2D eigenvalue weighted by atomic mass is 16.1. The van der Waals surface area contributed by atoms with E-state index < -0.39 is 0 Å². The van der Waals surface area contributed by atoms with Crippen LogP contribution in [0.4, 0.5) is 0 Å². The minimum absolute atomic E-state index is 0.480. The van der Waals surface area contributed by atoms with E-state index in [1.807, 2.05) is 0 Å². The van der Waals surface area contributed by atoms with Crippen molar-refractivity contribution in [1.82, 2.24) is 0 Å². The first kappa shape index (κ1) is 5.79. The number of aliphatic imine (C=N–C) groups is 1. The Kier molecular flexibility index (Phi) is 3.96. The summed E-state index contributed by atoms with van der Waals surface area (Å²) in [5.41, 5.74) is 0. The van der Waals surface area contributed by atoms with E-state index in [2.05, 4.69) is 4.99 Å². The lowest BCUT2D eigenvalue weighted by Crippen LogP contribution is -1.67. The molecular weight excluding hydrogens is 94.0 g/mol. The molecule has 0 N–H and O–H groups in total. The number of hydrogen-bond acceptors (Lipinski definition) is 3. The predicted octanol–water partition coefficient (Wildman–Crippen LogP) is -0.399. The molecule has 0 rings (SSSR count). The Morgan fingerprint density at radius 2 is 2.29 bits per heavy atom. The van der Waals surface area contributed by atoms with Crippen molar-refractivity contribution in [2.75, 3.05) is 0 Å². The second kappa shape index (κ2) is 4.79. The van der Waals surface area contributed by atoms with Gasteiger partial charge in [0.15, 0.2) is 6.29 Å². The van der Waals surface area contributed by atoms with Crippen molar-refractivity contribution in [2.45, 2.75) is 0 Å². The van der Waals surface area contributed by atoms with E-state index in [0.29, 0.717) is 6.29 Å². The Hall–Kier alpha value is -1.21. The summed E-state index contributed by atoms with van der Waals surface area (Å²) >= 11 is 0. The van der Waals surface area contributed by atoms with Crippen molar-refractivity contribution in [1.29, 1.82) is 0 Å². The SMILES string of the molecule is O=C=CN=CC=O. The molecular formula is C4H3NO2. The molecule has 0 aromatic carbocycles. The molecule has 7 heavy (non-hydrogen) atoms. The number of nitrogens with zero attached hydrogens (tertiary/aromatic N) is 1. The lowest BCUT2D eigenvalue weighted by Gasteiger charge is -1.57. The highest BCUT2D eigenvalue weighted by molar-refractivity contribution is 6.13. The minimum atomic E-state index is 0.480. The monoisotopic (exact) mass is 97.0 g/mol. The van der Waals surface area contributed by atoms with E-state index >= 15 is 0 Å². The normalized spacial score (nSPS) is 8.00. The summed E-state index contributed by atoms with van der Waals surface area (Å²) in [6.45, 7) is 0. The Balaban J connectivity index is 3.47. The summed E-state index contributed by atoms with van der Waals surface area (Å²) in [4.78, 5) is 21.8. The van der Waals surface area contributed by atoms with Gasteiger partial charge in [-0.05, 0) is 0 Å². The third-order valence-corrected chi connectivity index (χ3v) is 0.274. The van der Waals surface area contributed by atoms with Crippen molar-refractivity contribution >= 4 is 18.4 Å². The van der Waals surface area contributed by atoms with Crippen LogP contribution in [-0.2, 0) is 9.59 Å². The molecule has 0 saturated heterocycles. The Labute approximate surface area is 40.4 Å². The molecule has 3 nitrogen and oxygen atoms in total. The zero-order valence-corrected chi connectivity index (χ0v) is 3.50. The second-order valence-electron chi connectivity index (χ2n) is 0.681. The number of rotatable bonds is 2. The fourth-order valence-electron chi connectivity index (χ4n) is 0.109. The highest BCUT2D eigenvalue weighted by Gasteiger charge is 1.56. The molecule has 36 valence electrons. The summed E-state index contributed by atoms with van der Waals surface area (Å²) in [6.07, 6.45) is 2.31. The van der Waals surface area contributed by atoms with Crippen LogP contribution in [0.25, 0.3) is 0 Å². The van der Waals surface area contributed by atoms with Crippen LogP contribution >= 0.6 is 0 Å². The molecule has 0 saturated carbocycles. The zero-order chi connectivity index (χ0) is 5.54. The van der Waals surface area contributed by atoms with Crippen molar-refractivity contribution in [2.24, 2.45) is 4.99 Å². The van der Waals surface area contributed by atoms with Crippen molar-refractivity contribution in [3.8, 4) is 0 Å². The summed E-state index contributed by atoms with van der Waals surface area (Å²) in [7, 11) is 0. The van der Waals surface area contributed by atoms with Gasteiger partial charge in [-0.25, -0.2) is 9.79 Å². The summed E-state index contributed by atoms with van der Waals surface area (Å²) in [5, 5.41) is 0. The maximum absolute atomic E-state index is 9.38. The number of hydrogen-bond donors (Lipinski definition) is 0. The van der Waals surface area contributed by atoms with Gasteiger partial charge in [0.25, 0.3) is 0 Å². The Bertz CT molecular complexity index is 122. The molecule has 0 aromatic heterocycles. The van der Waals surface area contributed by atoms with Crippen molar-refractivity contribution in [3.63, 3.8) is 0 Å². The molecule has 0 atom stereocenters. The van der Waals surface area contributed by atoms with Crippen LogP contribution in [0.1, 0.15) is 0 Å². The van der Waals surface area contributed by atoms with E-state index in [4.69, 9.17) is 0 Å². The molecule has 0 aliphatic carbocycles. The fourth-order valence-corrected chi connectivity index (χ4v) is 0.109. The number of aldehydes is 1. The molecule has 0 aliphatic heterocycles. The van der Waals surface area contributed by atoms with Gasteiger partial charge in [0.1, 0.15) is 12.1 Å². The molecule has 0 bridgehead atoms. The van der Waals surface area contributed by atoms with E-state index in [1.165, 1.54) is 5.94 Å². The Morgan fingerprint density at radius 3 is 2.71 bits per heavy atom. The van der Waals surface area contributed by atoms with Crippen LogP contribution < -0.4 is 0 Å². The summed E-state index contributed by atoms with van der Waals surface area (Å²) in [6, 6.07) is 0. The van der Waals surface area contributed by atoms with Gasteiger partial charge in [-0.15, -0.1) is 0 Å². The maximum Gasteiger partial charge on any atom is 0.161 e. The molecule has 0 aromatic rings. The van der Waals surface area contributed by atoms with E-state index in [-0.39, 0.29) is 0 Å². The molecule has 0 unspecified atom stereocenters. The zero-order valence-electron chi connectivity index (χ0n) is 3.50. The standard InChI is InChI=1S/C4H3NO2/c6-3-1-5-2-4-7/h1-3H. The smallest absolute Gasteiger partial charge is 0.161 e. The van der Waals surface area contributed by atoms with Crippen LogP contribution in [0.3, 0.4) is 0 Å². The first-order chi connectivity index (χ1) is 3.41. The number of carbonyl (C=O) groups excluding carboxylic acids is 2. The van der Waals surface area contributed by atoms with Crippen LogP contribution in [0.5, 0.6) is 0 Å². The van der Waals surface area contributed by atoms with Gasteiger partial charge in [0.05, 0.1) is 6.21 Å². The van der Waals surface area contributed by atoms with Gasteiger partial charge in [0.2, 0.25) is 0 Å². The lowest BCUT2D eigenvalue weighted by molar-refractivity contribution is -0.102. The lowest BCUT2D eigenvalue weighted by atomic mass is 10.8. The summed E-state index contributed by atoms with van der Waals surface area (Å²) < 4.78 is 0. The highest BCUT2D eigenvalue weighted by Crippen LogP contribution is 1.55. The minimum Gasteiger partial charge on any atom is -0.297 e. The molecule has 0 aliphatic rings. The second-order valence-corrected chi connectivity index (χ2v) is 0.681. The van der Waals surface area contributed by atoms with Crippen LogP contribution in [-0.4, -0.2) is 18.4 Å². The van der Waals surface area contributed by atoms with Crippen LogP contribution in [0.2, 0.25) is 0 Å². The molecule has 0 fully saturated rings. The average Bonchev–Trinajstić information content (AvgIpc) is 1.69. The number of carbonyl (C=O) groups is 1. The van der Waals surface area contributed by atoms with E-state index in [9.17, 15) is 9.59 Å². The van der Waals surface area contributed by atoms with Crippen molar-refractivity contribution in [3.05, 3.63) is 6.20 Å². The quantitative estimate of drug-likeness (QED) is 0.267. The predicted molar refractivity (Wildman–Crippen MR) is 24.8 cm³/mol. The largest absolute Gasteiger partial charge is 0.297 e. The molecule has 0 amide bonds. The van der Waals surface area contributed by atoms with Gasteiger partial charge in [-0.2, -0.15) is 0 Å². The topological polar surface area (TPSA) is 46.5 Å². The molecule has 3 heteroatoms. The van der Waals surface area contributed by atoms with Crippen molar-refractivity contribution < 1.29 is 9.59 Å². The van der Waals surface area contributed by atoms with E-state index in [0.717, 1.165) is 12.4 Å².